The molecule has 0 atom stereocenters. The van der Waals surface area contributed by atoms with Gasteiger partial charge in [0.1, 0.15) is 12.2 Å². The van der Waals surface area contributed by atoms with Crippen molar-refractivity contribution in [3.8, 4) is 0 Å². The summed E-state index contributed by atoms with van der Waals surface area (Å²) < 4.78 is 28.3. The summed E-state index contributed by atoms with van der Waals surface area (Å²) in [7, 11) is 0. The zero-order valence-electron chi connectivity index (χ0n) is 11.3. The zero-order valence-corrected chi connectivity index (χ0v) is 11.3. The van der Waals surface area contributed by atoms with Crippen LogP contribution in [-0.2, 0) is 13.0 Å². The molecule has 0 bridgehead atoms. The quantitative estimate of drug-likeness (QED) is 0.790. The number of benzene rings is 1. The zero-order chi connectivity index (χ0) is 14.7. The lowest BCUT2D eigenvalue weighted by atomic mass is 10.1. The maximum absolute atomic E-state index is 13.6. The second kappa shape index (κ2) is 5.90. The van der Waals surface area contributed by atoms with Crippen molar-refractivity contribution in [1.29, 1.82) is 0 Å². The van der Waals surface area contributed by atoms with Crippen LogP contribution in [0.25, 0.3) is 0 Å². The molecule has 4 nitrogen and oxygen atoms in total. The van der Waals surface area contributed by atoms with Gasteiger partial charge in [-0.1, -0.05) is 19.9 Å². The third-order valence-electron chi connectivity index (χ3n) is 2.80. The first kappa shape index (κ1) is 14.3. The topological polar surface area (TPSA) is 47.8 Å². The number of nitrogens with zero attached hydrogens (tertiary/aromatic N) is 3. The number of Topliss-reactive ketones (excluding diaryl/α,β-unsaturated/α-hetero) is 1. The van der Waals surface area contributed by atoms with E-state index in [1.165, 1.54) is 18.5 Å². The Labute approximate surface area is 115 Å². The molecule has 0 fully saturated rings. The van der Waals surface area contributed by atoms with E-state index in [0.29, 0.717) is 18.3 Å². The number of aromatic nitrogens is 3. The first-order valence-electron chi connectivity index (χ1n) is 6.33. The molecule has 0 radical (unpaired) electrons. The summed E-state index contributed by atoms with van der Waals surface area (Å²) in [6.07, 6.45) is 1.25. The highest BCUT2D eigenvalue weighted by Gasteiger charge is 2.18. The predicted octanol–water partition coefficient (Wildman–Crippen LogP) is 2.64. The number of hydrogen-bond acceptors (Lipinski definition) is 3. The van der Waals surface area contributed by atoms with Crippen molar-refractivity contribution in [3.05, 3.63) is 47.5 Å². The second-order valence-corrected chi connectivity index (χ2v) is 4.95. The van der Waals surface area contributed by atoms with E-state index in [0.717, 1.165) is 6.07 Å². The third kappa shape index (κ3) is 3.07. The first-order chi connectivity index (χ1) is 9.49. The Hall–Kier alpha value is -2.11. The molecule has 1 aromatic heterocycles. The van der Waals surface area contributed by atoms with E-state index in [9.17, 15) is 13.6 Å². The van der Waals surface area contributed by atoms with Gasteiger partial charge in [-0.25, -0.2) is 18.4 Å². The average Bonchev–Trinajstić information content (AvgIpc) is 2.79. The molecule has 0 aliphatic heterocycles. The van der Waals surface area contributed by atoms with E-state index in [4.69, 9.17) is 0 Å². The number of hydrogen-bond donors (Lipinski definition) is 0. The highest BCUT2D eigenvalue weighted by molar-refractivity contribution is 5.97. The molecule has 2 aromatic rings. The molecule has 0 aliphatic rings. The van der Waals surface area contributed by atoms with Gasteiger partial charge in [0.2, 0.25) is 0 Å². The number of carbonyl (C=O) groups excluding carboxylic acids is 1. The van der Waals surface area contributed by atoms with Crippen LogP contribution in [0.15, 0.2) is 24.5 Å². The fraction of sp³-hybridized carbons (Fsp3) is 0.357. The third-order valence-corrected chi connectivity index (χ3v) is 2.80. The Morgan fingerprint density at radius 3 is 2.80 bits per heavy atom. The van der Waals surface area contributed by atoms with Crippen LogP contribution in [0.4, 0.5) is 8.78 Å². The molecule has 6 heteroatoms. The molecule has 1 aromatic carbocycles. The summed E-state index contributed by atoms with van der Waals surface area (Å²) in [6.45, 7) is 4.65. The first-order valence-corrected chi connectivity index (χ1v) is 6.33. The van der Waals surface area contributed by atoms with Crippen molar-refractivity contribution in [2.45, 2.75) is 26.8 Å². The van der Waals surface area contributed by atoms with Gasteiger partial charge >= 0.3 is 0 Å². The Balaban J connectivity index is 2.20. The molecule has 0 unspecified atom stereocenters. The van der Waals surface area contributed by atoms with E-state index in [2.05, 4.69) is 10.1 Å². The Kier molecular flexibility index (Phi) is 4.22. The van der Waals surface area contributed by atoms with E-state index >= 15 is 0 Å². The van der Waals surface area contributed by atoms with Crippen LogP contribution in [0.1, 0.15) is 30.0 Å². The van der Waals surface area contributed by atoms with Gasteiger partial charge in [-0.3, -0.25) is 4.79 Å². The van der Waals surface area contributed by atoms with Crippen molar-refractivity contribution in [2.24, 2.45) is 5.92 Å². The summed E-state index contributed by atoms with van der Waals surface area (Å²) in [5.74, 6) is -1.87. The minimum Gasteiger partial charge on any atom is -0.294 e. The standard InChI is InChI=1S/C14H15F2N3O/c1-9(2)7-19-13(17-8-18-19)6-12(20)10-4-3-5-11(15)14(10)16/h3-5,8-9H,6-7H2,1-2H3. The van der Waals surface area contributed by atoms with Crippen molar-refractivity contribution in [2.75, 3.05) is 0 Å². The fourth-order valence-electron chi connectivity index (χ4n) is 1.88. The normalized spacial score (nSPS) is 11.1. The average molecular weight is 279 g/mol. The lowest BCUT2D eigenvalue weighted by Gasteiger charge is -2.08. The van der Waals surface area contributed by atoms with E-state index in [1.54, 1.807) is 4.68 Å². The largest absolute Gasteiger partial charge is 0.294 e. The van der Waals surface area contributed by atoms with Crippen LogP contribution in [0, 0.1) is 17.6 Å². The smallest absolute Gasteiger partial charge is 0.173 e. The summed E-state index contributed by atoms with van der Waals surface area (Å²) in [4.78, 5) is 16.0. The SMILES string of the molecule is CC(C)Cn1ncnc1CC(=O)c1cccc(F)c1F. The van der Waals surface area contributed by atoms with Gasteiger partial charge in [0, 0.05) is 6.54 Å². The van der Waals surface area contributed by atoms with Crippen LogP contribution in [0.2, 0.25) is 0 Å². The van der Waals surface area contributed by atoms with E-state index < -0.39 is 17.4 Å². The Morgan fingerprint density at radius 1 is 1.35 bits per heavy atom. The van der Waals surface area contributed by atoms with Crippen LogP contribution in [-0.4, -0.2) is 20.5 Å². The van der Waals surface area contributed by atoms with Crippen LogP contribution in [0.3, 0.4) is 0 Å². The highest BCUT2D eigenvalue weighted by Crippen LogP contribution is 2.14. The Morgan fingerprint density at radius 2 is 2.10 bits per heavy atom. The molecule has 1 heterocycles. The van der Waals surface area contributed by atoms with Gasteiger partial charge in [0.15, 0.2) is 17.4 Å². The summed E-state index contributed by atoms with van der Waals surface area (Å²) in [6, 6.07) is 3.56. The molecule has 0 amide bonds. The number of halogens is 2. The summed E-state index contributed by atoms with van der Waals surface area (Å²) in [5.41, 5.74) is -0.260. The minimum atomic E-state index is -1.12. The molecular weight excluding hydrogens is 264 g/mol. The number of carbonyl (C=O) groups is 1. The maximum Gasteiger partial charge on any atom is 0.173 e. The monoisotopic (exact) mass is 279 g/mol. The van der Waals surface area contributed by atoms with Gasteiger partial charge in [-0.05, 0) is 18.1 Å². The van der Waals surface area contributed by atoms with Crippen LogP contribution in [0.5, 0.6) is 0 Å². The van der Waals surface area contributed by atoms with Crippen LogP contribution < -0.4 is 0 Å². The second-order valence-electron chi connectivity index (χ2n) is 4.95. The maximum atomic E-state index is 13.6. The summed E-state index contributed by atoms with van der Waals surface area (Å²) in [5, 5.41) is 4.03. The predicted molar refractivity (Wildman–Crippen MR) is 69.3 cm³/mol. The highest BCUT2D eigenvalue weighted by atomic mass is 19.2. The van der Waals surface area contributed by atoms with Crippen molar-refractivity contribution in [1.82, 2.24) is 14.8 Å². The van der Waals surface area contributed by atoms with Crippen molar-refractivity contribution >= 4 is 5.78 Å². The molecule has 106 valence electrons. The van der Waals surface area contributed by atoms with E-state index in [-0.39, 0.29) is 12.0 Å². The summed E-state index contributed by atoms with van der Waals surface area (Å²) >= 11 is 0. The van der Waals surface area contributed by atoms with Crippen LogP contribution >= 0.6 is 0 Å². The lowest BCUT2D eigenvalue weighted by molar-refractivity contribution is 0.0984. The minimum absolute atomic E-state index is 0.104. The Bertz CT molecular complexity index is 623. The van der Waals surface area contributed by atoms with Gasteiger partial charge in [-0.15, -0.1) is 0 Å². The van der Waals surface area contributed by atoms with Gasteiger partial charge in [0.25, 0.3) is 0 Å². The molecule has 0 aliphatic carbocycles. The molecule has 2 rings (SSSR count). The van der Waals surface area contributed by atoms with Crippen molar-refractivity contribution < 1.29 is 13.6 Å². The van der Waals surface area contributed by atoms with Crippen molar-refractivity contribution in [3.63, 3.8) is 0 Å². The molecule has 0 saturated carbocycles. The van der Waals surface area contributed by atoms with Gasteiger partial charge in [-0.2, -0.15) is 5.10 Å². The molecule has 20 heavy (non-hydrogen) atoms. The van der Waals surface area contributed by atoms with Gasteiger partial charge < -0.3 is 0 Å². The molecular formula is C14H15F2N3O. The molecule has 0 N–H and O–H groups in total. The molecule has 0 spiro atoms. The van der Waals surface area contributed by atoms with E-state index in [1.807, 2.05) is 13.8 Å². The molecule has 0 saturated heterocycles. The fourth-order valence-corrected chi connectivity index (χ4v) is 1.88. The van der Waals surface area contributed by atoms with Gasteiger partial charge in [0.05, 0.1) is 12.0 Å². The number of ketones is 1. The lowest BCUT2D eigenvalue weighted by Crippen LogP contribution is -2.15. The number of rotatable bonds is 5.